The van der Waals surface area contributed by atoms with Gasteiger partial charge in [-0.2, -0.15) is 0 Å². The fourth-order valence-electron chi connectivity index (χ4n) is 2.10. The molecule has 6 heteroatoms. The van der Waals surface area contributed by atoms with E-state index in [0.29, 0.717) is 11.3 Å². The Labute approximate surface area is 138 Å². The summed E-state index contributed by atoms with van der Waals surface area (Å²) in [6.07, 6.45) is 0. The van der Waals surface area contributed by atoms with Crippen molar-refractivity contribution >= 4 is 43.2 Å². The molecule has 2 nitrogen and oxygen atoms in total. The lowest BCUT2D eigenvalue weighted by molar-refractivity contribution is 0.397. The van der Waals surface area contributed by atoms with Crippen LogP contribution in [-0.2, 0) is 0 Å². The summed E-state index contributed by atoms with van der Waals surface area (Å²) in [5.74, 6) is 0.273. The van der Waals surface area contributed by atoms with Gasteiger partial charge in [0.25, 0.3) is 0 Å². The van der Waals surface area contributed by atoms with E-state index >= 15 is 0 Å². The largest absolute Gasteiger partial charge is 0.496 e. The summed E-state index contributed by atoms with van der Waals surface area (Å²) >= 11 is 8.57. The lowest BCUT2D eigenvalue weighted by Crippen LogP contribution is -2.23. The number of hydrogen-bond donors (Lipinski definition) is 1. The van der Waals surface area contributed by atoms with E-state index in [2.05, 4.69) is 37.2 Å². The Bertz CT molecular complexity index is 603. The van der Waals surface area contributed by atoms with E-state index in [1.165, 1.54) is 6.07 Å². The van der Waals surface area contributed by atoms with Crippen molar-refractivity contribution in [1.29, 1.82) is 0 Å². The van der Waals surface area contributed by atoms with Crippen molar-refractivity contribution in [3.05, 3.63) is 48.8 Å². The predicted molar refractivity (Wildman–Crippen MR) is 88.2 cm³/mol. The molecule has 2 aromatic rings. The van der Waals surface area contributed by atoms with Crippen LogP contribution in [0.2, 0.25) is 0 Å². The van der Waals surface area contributed by atoms with Crippen molar-refractivity contribution in [1.82, 2.24) is 5.32 Å². The molecule has 1 heterocycles. The molecule has 108 valence electrons. The van der Waals surface area contributed by atoms with Crippen LogP contribution in [-0.4, -0.2) is 13.7 Å². The first-order chi connectivity index (χ1) is 9.58. The van der Waals surface area contributed by atoms with Crippen molar-refractivity contribution in [2.24, 2.45) is 0 Å². The number of halogens is 3. The van der Waals surface area contributed by atoms with E-state index in [4.69, 9.17) is 4.74 Å². The zero-order chi connectivity index (χ0) is 14.7. The first-order valence-corrected chi connectivity index (χ1v) is 8.49. The molecule has 0 aliphatic carbocycles. The fourth-order valence-corrected chi connectivity index (χ4v) is 5.00. The molecule has 0 radical (unpaired) electrons. The topological polar surface area (TPSA) is 21.3 Å². The van der Waals surface area contributed by atoms with Crippen LogP contribution in [0.5, 0.6) is 5.75 Å². The van der Waals surface area contributed by atoms with E-state index in [9.17, 15) is 4.39 Å². The third-order valence-electron chi connectivity index (χ3n) is 2.92. The van der Waals surface area contributed by atoms with Gasteiger partial charge in [-0.25, -0.2) is 4.39 Å². The van der Waals surface area contributed by atoms with E-state index in [0.717, 1.165) is 19.7 Å². The lowest BCUT2D eigenvalue weighted by atomic mass is 9.99. The van der Waals surface area contributed by atoms with Crippen molar-refractivity contribution in [3.63, 3.8) is 0 Å². The van der Waals surface area contributed by atoms with Gasteiger partial charge in [-0.1, -0.05) is 13.0 Å². The van der Waals surface area contributed by atoms with Gasteiger partial charge in [0, 0.05) is 0 Å². The van der Waals surface area contributed by atoms with Crippen LogP contribution in [0.15, 0.2) is 31.8 Å². The molecule has 0 saturated carbocycles. The Kier molecular flexibility index (Phi) is 5.60. The van der Waals surface area contributed by atoms with Crippen LogP contribution in [0.25, 0.3) is 0 Å². The average Bonchev–Trinajstić information content (AvgIpc) is 2.75. The second kappa shape index (κ2) is 7.02. The molecule has 0 saturated heterocycles. The van der Waals surface area contributed by atoms with Crippen LogP contribution in [0.4, 0.5) is 4.39 Å². The van der Waals surface area contributed by atoms with Crippen molar-refractivity contribution in [2.45, 2.75) is 13.0 Å². The van der Waals surface area contributed by atoms with Crippen LogP contribution in [0.3, 0.4) is 0 Å². The second-order valence-electron chi connectivity index (χ2n) is 4.13. The molecule has 0 amide bonds. The van der Waals surface area contributed by atoms with Gasteiger partial charge in [-0.15, -0.1) is 11.3 Å². The summed E-state index contributed by atoms with van der Waals surface area (Å²) in [6, 6.07) is 6.62. The normalized spacial score (nSPS) is 12.4. The molecule has 1 aromatic heterocycles. The third kappa shape index (κ3) is 3.24. The van der Waals surface area contributed by atoms with Crippen LogP contribution >= 0.6 is 43.2 Å². The lowest BCUT2D eigenvalue weighted by Gasteiger charge is -2.21. The number of benzene rings is 1. The zero-order valence-electron chi connectivity index (χ0n) is 11.0. The van der Waals surface area contributed by atoms with Gasteiger partial charge in [0.2, 0.25) is 0 Å². The first kappa shape index (κ1) is 15.9. The summed E-state index contributed by atoms with van der Waals surface area (Å²) in [6.45, 7) is 2.72. The molecule has 1 N–H and O–H groups in total. The summed E-state index contributed by atoms with van der Waals surface area (Å²) in [7, 11) is 1.56. The Morgan fingerprint density at radius 3 is 2.70 bits per heavy atom. The number of methoxy groups -OCH3 is 1. The second-order valence-corrected chi connectivity index (χ2v) is 7.88. The minimum atomic E-state index is -0.274. The number of nitrogens with one attached hydrogen (secondary N) is 1. The SMILES string of the molecule is CCNC(c1cc(Br)sc1Br)c1c(F)cccc1OC. The minimum Gasteiger partial charge on any atom is -0.496 e. The average molecular weight is 423 g/mol. The van der Waals surface area contributed by atoms with Crippen molar-refractivity contribution < 1.29 is 9.13 Å². The predicted octanol–water partition coefficient (Wildman–Crippen LogP) is 5.12. The maximum Gasteiger partial charge on any atom is 0.132 e. The molecule has 1 unspecified atom stereocenters. The highest BCUT2D eigenvalue weighted by molar-refractivity contribution is 9.12. The van der Waals surface area contributed by atoms with Gasteiger partial charge in [-0.3, -0.25) is 0 Å². The fraction of sp³-hybridized carbons (Fsp3) is 0.286. The number of thiophene rings is 1. The highest BCUT2D eigenvalue weighted by atomic mass is 79.9. The molecule has 1 aromatic carbocycles. The van der Waals surface area contributed by atoms with Gasteiger partial charge in [0.15, 0.2) is 0 Å². The molecular formula is C14H14Br2FNOS. The zero-order valence-corrected chi connectivity index (χ0v) is 15.0. The molecule has 0 bridgehead atoms. The summed E-state index contributed by atoms with van der Waals surface area (Å²) in [5.41, 5.74) is 1.52. The molecule has 2 rings (SSSR count). The molecule has 0 aliphatic heterocycles. The molecular weight excluding hydrogens is 409 g/mol. The van der Waals surface area contributed by atoms with Crippen molar-refractivity contribution in [3.8, 4) is 5.75 Å². The Morgan fingerprint density at radius 1 is 1.40 bits per heavy atom. The Morgan fingerprint density at radius 2 is 2.15 bits per heavy atom. The summed E-state index contributed by atoms with van der Waals surface area (Å²) < 4.78 is 21.6. The quantitative estimate of drug-likeness (QED) is 0.721. The number of ether oxygens (including phenoxy) is 1. The van der Waals surface area contributed by atoms with Crippen LogP contribution in [0.1, 0.15) is 24.1 Å². The summed E-state index contributed by atoms with van der Waals surface area (Å²) in [4.78, 5) is 0. The third-order valence-corrected chi connectivity index (χ3v) is 5.31. The van der Waals surface area contributed by atoms with E-state index < -0.39 is 0 Å². The maximum atomic E-state index is 14.3. The van der Waals surface area contributed by atoms with Crippen LogP contribution < -0.4 is 10.1 Å². The minimum absolute atomic E-state index is 0.256. The molecule has 20 heavy (non-hydrogen) atoms. The molecule has 0 aliphatic rings. The van der Waals surface area contributed by atoms with E-state index in [-0.39, 0.29) is 11.9 Å². The van der Waals surface area contributed by atoms with Gasteiger partial charge >= 0.3 is 0 Å². The Hall–Kier alpha value is -0.430. The van der Waals surface area contributed by atoms with Gasteiger partial charge in [-0.05, 0) is 62.2 Å². The number of hydrogen-bond acceptors (Lipinski definition) is 3. The highest BCUT2D eigenvalue weighted by Gasteiger charge is 2.24. The molecule has 1 atom stereocenters. The smallest absolute Gasteiger partial charge is 0.132 e. The molecule has 0 fully saturated rings. The van der Waals surface area contributed by atoms with Gasteiger partial charge < -0.3 is 10.1 Å². The summed E-state index contributed by atoms with van der Waals surface area (Å²) in [5, 5.41) is 3.32. The van der Waals surface area contributed by atoms with E-state index in [1.807, 2.05) is 13.0 Å². The Balaban J connectivity index is 2.57. The van der Waals surface area contributed by atoms with Crippen molar-refractivity contribution in [2.75, 3.05) is 13.7 Å². The maximum absolute atomic E-state index is 14.3. The van der Waals surface area contributed by atoms with Crippen LogP contribution in [0, 0.1) is 5.82 Å². The monoisotopic (exact) mass is 421 g/mol. The van der Waals surface area contributed by atoms with Gasteiger partial charge in [0.1, 0.15) is 11.6 Å². The number of rotatable bonds is 5. The highest BCUT2D eigenvalue weighted by Crippen LogP contribution is 2.40. The van der Waals surface area contributed by atoms with E-state index in [1.54, 1.807) is 30.6 Å². The van der Waals surface area contributed by atoms with Gasteiger partial charge in [0.05, 0.1) is 26.3 Å². The standard InChI is InChI=1S/C14H14Br2FNOS/c1-3-18-13(8-7-11(15)20-14(8)16)12-9(17)5-4-6-10(12)19-2/h4-7,13,18H,3H2,1-2H3. The molecule has 0 spiro atoms. The first-order valence-electron chi connectivity index (χ1n) is 6.09.